The van der Waals surface area contributed by atoms with E-state index < -0.39 is 16.3 Å². The van der Waals surface area contributed by atoms with Crippen molar-refractivity contribution in [2.45, 2.75) is 38.7 Å². The first-order valence-corrected chi connectivity index (χ1v) is 8.49. The second-order valence-corrected chi connectivity index (χ2v) is 6.89. The Labute approximate surface area is 120 Å². The first-order valence-electron chi connectivity index (χ1n) is 7.05. The van der Waals surface area contributed by atoms with Crippen LogP contribution in [0.3, 0.4) is 0 Å². The van der Waals surface area contributed by atoms with E-state index >= 15 is 0 Å². The molecule has 2 rings (SSSR count). The highest BCUT2D eigenvalue weighted by atomic mass is 32.2. The van der Waals surface area contributed by atoms with E-state index in [-0.39, 0.29) is 0 Å². The zero-order chi connectivity index (χ0) is 14.6. The van der Waals surface area contributed by atoms with Gasteiger partial charge < -0.3 is 5.11 Å². The topological polar surface area (TPSA) is 69.6 Å². The van der Waals surface area contributed by atoms with Crippen LogP contribution >= 0.6 is 0 Å². The van der Waals surface area contributed by atoms with Crippen LogP contribution in [0.1, 0.15) is 44.3 Å². The molecule has 20 heavy (non-hydrogen) atoms. The fourth-order valence-electron chi connectivity index (χ4n) is 2.36. The SMILES string of the molecule is CC(O)c1cccc(NS(=O)(=O)N2CCCCCC2)c1. The van der Waals surface area contributed by atoms with Gasteiger partial charge in [-0.25, -0.2) is 0 Å². The van der Waals surface area contributed by atoms with Gasteiger partial charge in [-0.15, -0.1) is 0 Å². The van der Waals surface area contributed by atoms with Gasteiger partial charge in [-0.3, -0.25) is 4.72 Å². The Balaban J connectivity index is 2.12. The molecular formula is C14H22N2O3S. The second-order valence-electron chi connectivity index (χ2n) is 5.22. The van der Waals surface area contributed by atoms with Gasteiger partial charge in [0.1, 0.15) is 0 Å². The van der Waals surface area contributed by atoms with Gasteiger partial charge in [-0.2, -0.15) is 12.7 Å². The normalized spacial score (nSPS) is 19.3. The molecule has 1 saturated heterocycles. The summed E-state index contributed by atoms with van der Waals surface area (Å²) in [7, 11) is -3.50. The lowest BCUT2D eigenvalue weighted by atomic mass is 10.1. The van der Waals surface area contributed by atoms with Gasteiger partial charge in [0.25, 0.3) is 0 Å². The highest BCUT2D eigenvalue weighted by Gasteiger charge is 2.22. The average Bonchev–Trinajstić information content (AvgIpc) is 2.67. The Hall–Kier alpha value is -1.11. The molecule has 1 aromatic rings. The Bertz CT molecular complexity index is 535. The van der Waals surface area contributed by atoms with Crippen LogP contribution in [0.25, 0.3) is 0 Å². The summed E-state index contributed by atoms with van der Waals surface area (Å²) in [6, 6.07) is 6.87. The maximum absolute atomic E-state index is 12.3. The minimum Gasteiger partial charge on any atom is -0.389 e. The van der Waals surface area contributed by atoms with Crippen LogP contribution < -0.4 is 4.72 Å². The summed E-state index contributed by atoms with van der Waals surface area (Å²) in [6.07, 6.45) is 3.38. The molecule has 0 saturated carbocycles. The van der Waals surface area contributed by atoms with Crippen molar-refractivity contribution in [3.63, 3.8) is 0 Å². The average molecular weight is 298 g/mol. The predicted octanol–water partition coefficient (Wildman–Crippen LogP) is 2.27. The van der Waals surface area contributed by atoms with Gasteiger partial charge in [-0.05, 0) is 37.5 Å². The molecule has 0 radical (unpaired) electrons. The molecule has 1 heterocycles. The third-order valence-electron chi connectivity index (χ3n) is 3.52. The lowest BCUT2D eigenvalue weighted by Crippen LogP contribution is -2.36. The van der Waals surface area contributed by atoms with Crippen molar-refractivity contribution in [2.75, 3.05) is 17.8 Å². The lowest BCUT2D eigenvalue weighted by Gasteiger charge is -2.21. The lowest BCUT2D eigenvalue weighted by molar-refractivity contribution is 0.199. The van der Waals surface area contributed by atoms with Gasteiger partial charge in [-0.1, -0.05) is 25.0 Å². The van der Waals surface area contributed by atoms with Crippen molar-refractivity contribution in [3.05, 3.63) is 29.8 Å². The summed E-state index contributed by atoms with van der Waals surface area (Å²) in [5.41, 5.74) is 1.19. The Morgan fingerprint density at radius 1 is 1.20 bits per heavy atom. The summed E-state index contributed by atoms with van der Waals surface area (Å²) in [4.78, 5) is 0. The summed E-state index contributed by atoms with van der Waals surface area (Å²) < 4.78 is 28.8. The van der Waals surface area contributed by atoms with Crippen LogP contribution in [0.4, 0.5) is 5.69 Å². The summed E-state index contributed by atoms with van der Waals surface area (Å²) in [5, 5.41) is 9.54. The van der Waals surface area contributed by atoms with E-state index in [1.165, 1.54) is 4.31 Å². The van der Waals surface area contributed by atoms with Gasteiger partial charge in [0, 0.05) is 13.1 Å². The zero-order valence-corrected chi connectivity index (χ0v) is 12.6. The summed E-state index contributed by atoms with van der Waals surface area (Å²) >= 11 is 0. The molecule has 5 nitrogen and oxygen atoms in total. The molecule has 1 unspecified atom stereocenters. The van der Waals surface area contributed by atoms with E-state index in [1.807, 2.05) is 0 Å². The fraction of sp³-hybridized carbons (Fsp3) is 0.571. The molecular weight excluding hydrogens is 276 g/mol. The van der Waals surface area contributed by atoms with E-state index in [0.717, 1.165) is 25.7 Å². The first kappa shape index (κ1) is 15.3. The number of hydrogen-bond acceptors (Lipinski definition) is 3. The van der Waals surface area contributed by atoms with Crippen molar-refractivity contribution < 1.29 is 13.5 Å². The fourth-order valence-corrected chi connectivity index (χ4v) is 3.65. The van der Waals surface area contributed by atoms with E-state index in [4.69, 9.17) is 0 Å². The first-order chi connectivity index (χ1) is 9.49. The van der Waals surface area contributed by atoms with E-state index in [9.17, 15) is 13.5 Å². The molecule has 0 amide bonds. The third kappa shape index (κ3) is 3.94. The van der Waals surface area contributed by atoms with Crippen molar-refractivity contribution in [3.8, 4) is 0 Å². The molecule has 1 fully saturated rings. The molecule has 0 spiro atoms. The van der Waals surface area contributed by atoms with Gasteiger partial charge in [0.15, 0.2) is 0 Å². The highest BCUT2D eigenvalue weighted by Crippen LogP contribution is 2.20. The Morgan fingerprint density at radius 3 is 2.45 bits per heavy atom. The van der Waals surface area contributed by atoms with Crippen LogP contribution in [-0.4, -0.2) is 30.9 Å². The number of rotatable bonds is 4. The molecule has 0 aromatic heterocycles. The van der Waals surface area contributed by atoms with Crippen LogP contribution in [-0.2, 0) is 10.2 Å². The summed E-state index contributed by atoms with van der Waals surface area (Å²) in [5.74, 6) is 0. The number of aliphatic hydroxyl groups excluding tert-OH is 1. The number of nitrogens with one attached hydrogen (secondary N) is 1. The predicted molar refractivity (Wildman–Crippen MR) is 79.7 cm³/mol. The zero-order valence-electron chi connectivity index (χ0n) is 11.7. The minimum absolute atomic E-state index is 0.493. The Morgan fingerprint density at radius 2 is 1.85 bits per heavy atom. The number of aliphatic hydroxyl groups is 1. The minimum atomic E-state index is -3.50. The third-order valence-corrected chi connectivity index (χ3v) is 5.06. The monoisotopic (exact) mass is 298 g/mol. The smallest absolute Gasteiger partial charge is 0.301 e. The maximum atomic E-state index is 12.3. The van der Waals surface area contributed by atoms with Crippen molar-refractivity contribution in [1.82, 2.24) is 4.31 Å². The van der Waals surface area contributed by atoms with Gasteiger partial charge in [0.05, 0.1) is 11.8 Å². The standard InChI is InChI=1S/C14H22N2O3S/c1-12(17)13-7-6-8-14(11-13)15-20(18,19)16-9-4-2-3-5-10-16/h6-8,11-12,15,17H,2-5,9-10H2,1H3. The molecule has 0 aliphatic carbocycles. The number of anilines is 1. The Kier molecular flexibility index (Phi) is 5.01. The van der Waals surface area contributed by atoms with Crippen molar-refractivity contribution in [1.29, 1.82) is 0 Å². The number of hydrogen-bond donors (Lipinski definition) is 2. The van der Waals surface area contributed by atoms with E-state index in [0.29, 0.717) is 24.3 Å². The van der Waals surface area contributed by atoms with Crippen LogP contribution in [0.15, 0.2) is 24.3 Å². The van der Waals surface area contributed by atoms with E-state index in [1.54, 1.807) is 31.2 Å². The van der Waals surface area contributed by atoms with E-state index in [2.05, 4.69) is 4.72 Å². The number of benzene rings is 1. The molecule has 1 atom stereocenters. The molecule has 2 N–H and O–H groups in total. The molecule has 1 aliphatic rings. The quantitative estimate of drug-likeness (QED) is 0.896. The molecule has 1 aromatic carbocycles. The van der Waals surface area contributed by atoms with Crippen molar-refractivity contribution in [2.24, 2.45) is 0 Å². The van der Waals surface area contributed by atoms with Gasteiger partial charge >= 0.3 is 10.2 Å². The van der Waals surface area contributed by atoms with Crippen LogP contribution in [0.5, 0.6) is 0 Å². The molecule has 1 aliphatic heterocycles. The molecule has 112 valence electrons. The largest absolute Gasteiger partial charge is 0.389 e. The van der Waals surface area contributed by atoms with Crippen LogP contribution in [0.2, 0.25) is 0 Å². The van der Waals surface area contributed by atoms with Crippen LogP contribution in [0, 0.1) is 0 Å². The molecule has 6 heteroatoms. The highest BCUT2D eigenvalue weighted by molar-refractivity contribution is 7.90. The second kappa shape index (κ2) is 6.56. The maximum Gasteiger partial charge on any atom is 0.301 e. The van der Waals surface area contributed by atoms with Gasteiger partial charge in [0.2, 0.25) is 0 Å². The van der Waals surface area contributed by atoms with Crippen molar-refractivity contribution >= 4 is 15.9 Å². The summed E-state index contributed by atoms with van der Waals surface area (Å²) in [6.45, 7) is 2.80. The molecule has 0 bridgehead atoms. The number of nitrogens with zero attached hydrogens (tertiary/aromatic N) is 1.